The Balaban J connectivity index is 2.07. The van der Waals surface area contributed by atoms with E-state index in [1.165, 1.54) is 4.90 Å². The Morgan fingerprint density at radius 1 is 1.23 bits per heavy atom. The van der Waals surface area contributed by atoms with Crippen molar-refractivity contribution < 1.29 is 13.6 Å². The molecule has 1 atom stereocenters. The first-order chi connectivity index (χ1) is 12.5. The van der Waals surface area contributed by atoms with Crippen LogP contribution in [0.1, 0.15) is 5.56 Å². The van der Waals surface area contributed by atoms with Gasteiger partial charge in [0.15, 0.2) is 0 Å². The highest BCUT2D eigenvalue weighted by molar-refractivity contribution is 7.77. The lowest BCUT2D eigenvalue weighted by Crippen LogP contribution is -2.26. The van der Waals surface area contributed by atoms with Gasteiger partial charge in [0.25, 0.3) is 0 Å². The molecule has 0 saturated carbocycles. The fraction of sp³-hybridized carbons (Fsp3) is 0.222. The third kappa shape index (κ3) is 3.82. The van der Waals surface area contributed by atoms with E-state index in [9.17, 15) is 13.6 Å². The van der Waals surface area contributed by atoms with Crippen LogP contribution in [0.2, 0.25) is 0 Å². The van der Waals surface area contributed by atoms with E-state index < -0.39 is 11.3 Å². The van der Waals surface area contributed by atoms with Crippen LogP contribution >= 0.6 is 0 Å². The Kier molecular flexibility index (Phi) is 5.46. The number of nitrogens with one attached hydrogen (secondary N) is 1. The lowest BCUT2D eigenvalue weighted by Gasteiger charge is -2.12. The number of carbonyl (C=O) groups is 1. The minimum atomic E-state index is -2.30. The monoisotopic (exact) mass is 371 g/mol. The van der Waals surface area contributed by atoms with Gasteiger partial charge in [0, 0.05) is 55.9 Å². The first-order valence-corrected chi connectivity index (χ1v) is 9.13. The summed E-state index contributed by atoms with van der Waals surface area (Å²) in [4.78, 5) is 18.1. The van der Waals surface area contributed by atoms with E-state index in [4.69, 9.17) is 0 Å². The van der Waals surface area contributed by atoms with Crippen molar-refractivity contribution in [1.82, 2.24) is 19.2 Å². The maximum absolute atomic E-state index is 12.6. The smallest absolute Gasteiger partial charge is 0.328 e. The van der Waals surface area contributed by atoms with Crippen LogP contribution in [-0.2, 0) is 17.7 Å². The van der Waals surface area contributed by atoms with Gasteiger partial charge in [-0.3, -0.25) is 13.8 Å². The topological polar surface area (TPSA) is 90.3 Å². The van der Waals surface area contributed by atoms with Crippen molar-refractivity contribution in [2.75, 3.05) is 20.6 Å². The molecule has 1 amide bonds. The van der Waals surface area contributed by atoms with Crippen molar-refractivity contribution in [3.8, 4) is 11.1 Å². The second kappa shape index (κ2) is 7.77. The van der Waals surface area contributed by atoms with Crippen LogP contribution in [0.3, 0.4) is 0 Å². The molecule has 0 aliphatic rings. The number of hydrogen-bond donors (Lipinski definition) is 1. The maximum atomic E-state index is 12.6. The van der Waals surface area contributed by atoms with E-state index >= 15 is 0 Å². The van der Waals surface area contributed by atoms with Gasteiger partial charge in [-0.05, 0) is 41.3 Å². The zero-order valence-corrected chi connectivity index (χ0v) is 15.3. The van der Waals surface area contributed by atoms with Gasteiger partial charge in [-0.25, -0.2) is 9.52 Å². The quantitative estimate of drug-likeness (QED) is 0.696. The summed E-state index contributed by atoms with van der Waals surface area (Å²) in [6.07, 6.45) is 5.72. The number of nitrogens with zero attached hydrogens (tertiary/aromatic N) is 3. The number of amides is 1. The Labute approximate surface area is 154 Å². The van der Waals surface area contributed by atoms with Gasteiger partial charge in [0.1, 0.15) is 0 Å². The van der Waals surface area contributed by atoms with Crippen molar-refractivity contribution in [3.05, 3.63) is 54.5 Å². The second-order valence-corrected chi connectivity index (χ2v) is 6.81. The van der Waals surface area contributed by atoms with Crippen molar-refractivity contribution in [3.63, 3.8) is 0 Å². The molecule has 2 heterocycles. The molecule has 1 aromatic carbocycles. The molecule has 8 heteroatoms. The Bertz CT molecular complexity index is 954. The van der Waals surface area contributed by atoms with E-state index in [1.54, 1.807) is 37.3 Å². The first-order valence-electron chi connectivity index (χ1n) is 8.06. The molecule has 136 valence electrons. The van der Waals surface area contributed by atoms with Gasteiger partial charge in [0.2, 0.25) is 0 Å². The van der Waals surface area contributed by atoms with Crippen LogP contribution in [0.25, 0.3) is 22.0 Å². The van der Waals surface area contributed by atoms with Crippen molar-refractivity contribution in [1.29, 1.82) is 0 Å². The number of fused-ring (bicyclic) bond motifs is 1. The highest BCUT2D eigenvalue weighted by Gasteiger charge is 2.15. The number of hydrogen-bond acceptors (Lipinski definition) is 4. The summed E-state index contributed by atoms with van der Waals surface area (Å²) >= 11 is -2.30. The molecule has 0 spiro atoms. The highest BCUT2D eigenvalue weighted by Crippen LogP contribution is 2.28. The van der Waals surface area contributed by atoms with Crippen molar-refractivity contribution in [2.24, 2.45) is 0 Å². The predicted molar refractivity (Wildman–Crippen MR) is 100 cm³/mol. The van der Waals surface area contributed by atoms with Gasteiger partial charge in [-0.2, -0.15) is 0 Å². The van der Waals surface area contributed by atoms with E-state index in [0.717, 1.165) is 27.6 Å². The minimum absolute atomic E-state index is 0.159. The largest absolute Gasteiger partial charge is 0.760 e. The molecule has 1 N–H and O–H groups in total. The zero-order chi connectivity index (χ0) is 18.7. The average Bonchev–Trinajstić information content (AvgIpc) is 2.99. The third-order valence-electron chi connectivity index (χ3n) is 4.10. The average molecular weight is 371 g/mol. The van der Waals surface area contributed by atoms with Gasteiger partial charge in [-0.1, -0.05) is 12.1 Å². The molecule has 2 aromatic heterocycles. The normalized spacial score (nSPS) is 12.3. The Morgan fingerprint density at radius 2 is 1.96 bits per heavy atom. The van der Waals surface area contributed by atoms with E-state index in [0.29, 0.717) is 6.42 Å². The summed E-state index contributed by atoms with van der Waals surface area (Å²) in [5.74, 6) is 0. The molecule has 0 aliphatic heterocycles. The first kappa shape index (κ1) is 18.2. The van der Waals surface area contributed by atoms with Gasteiger partial charge in [-0.15, -0.1) is 0 Å². The molecule has 7 nitrogen and oxygen atoms in total. The number of benzene rings is 1. The van der Waals surface area contributed by atoms with Crippen LogP contribution in [0.5, 0.6) is 0 Å². The fourth-order valence-corrected chi connectivity index (χ4v) is 3.13. The van der Waals surface area contributed by atoms with Gasteiger partial charge in [0.05, 0.1) is 5.52 Å². The molecule has 0 saturated heterocycles. The van der Waals surface area contributed by atoms with E-state index in [-0.39, 0.29) is 12.6 Å². The molecule has 0 radical (unpaired) electrons. The maximum Gasteiger partial charge on any atom is 0.328 e. The summed E-state index contributed by atoms with van der Waals surface area (Å²) in [6.45, 7) is 0.275. The molecular formula is C18H19N4O3S-. The van der Waals surface area contributed by atoms with Crippen molar-refractivity contribution in [2.45, 2.75) is 6.42 Å². The molecule has 0 bridgehead atoms. The van der Waals surface area contributed by atoms with E-state index in [2.05, 4.69) is 9.71 Å². The van der Waals surface area contributed by atoms with Gasteiger partial charge >= 0.3 is 6.03 Å². The number of carbonyl (C=O) groups excluding carboxylic acids is 1. The summed E-state index contributed by atoms with van der Waals surface area (Å²) in [5, 5.41) is 0.927. The van der Waals surface area contributed by atoms with Crippen LogP contribution < -0.4 is 4.72 Å². The lowest BCUT2D eigenvalue weighted by molar-refractivity contribution is 0.220. The Hall–Kier alpha value is -2.55. The highest BCUT2D eigenvalue weighted by atomic mass is 32.2. The lowest BCUT2D eigenvalue weighted by atomic mass is 10.0. The molecule has 1 unspecified atom stereocenters. The molecule has 3 aromatic rings. The van der Waals surface area contributed by atoms with E-state index in [1.807, 2.05) is 30.3 Å². The molecule has 0 fully saturated rings. The summed E-state index contributed by atoms with van der Waals surface area (Å²) in [5.41, 5.74) is 3.69. The zero-order valence-electron chi connectivity index (χ0n) is 14.5. The SMILES string of the molecule is CN(C)C(=O)n1cc(CCNS(=O)[O-])c2ccc(-c3ccncc3)cc21. The van der Waals surface area contributed by atoms with Crippen LogP contribution in [-0.4, -0.2) is 49.9 Å². The molecule has 26 heavy (non-hydrogen) atoms. The van der Waals surface area contributed by atoms with Crippen molar-refractivity contribution >= 4 is 28.2 Å². The molecule has 3 rings (SSSR count). The minimum Gasteiger partial charge on any atom is -0.760 e. The molecular weight excluding hydrogens is 352 g/mol. The predicted octanol–water partition coefficient (Wildman–Crippen LogP) is 2.16. The van der Waals surface area contributed by atoms with Crippen LogP contribution in [0.4, 0.5) is 4.79 Å². The Morgan fingerprint density at radius 3 is 2.62 bits per heavy atom. The summed E-state index contributed by atoms with van der Waals surface area (Å²) in [7, 11) is 3.39. The summed E-state index contributed by atoms with van der Waals surface area (Å²) in [6, 6.07) is 9.59. The standard InChI is InChI=1S/C18H20N4O3S/c1-21(2)18(23)22-12-15(7-10-20-26(24)25)16-4-3-14(11-17(16)22)13-5-8-19-9-6-13/h3-6,8-9,11-12,20H,7,10H2,1-2H3,(H,24,25)/p-1. The van der Waals surface area contributed by atoms with Crippen LogP contribution in [0.15, 0.2) is 48.9 Å². The molecule has 0 aliphatic carbocycles. The third-order valence-corrected chi connectivity index (χ3v) is 4.54. The summed E-state index contributed by atoms with van der Waals surface area (Å²) < 4.78 is 25.3. The van der Waals surface area contributed by atoms with Crippen LogP contribution in [0, 0.1) is 0 Å². The van der Waals surface area contributed by atoms with Gasteiger partial charge < -0.3 is 9.45 Å². The number of rotatable bonds is 5. The second-order valence-electron chi connectivity index (χ2n) is 6.05. The fourth-order valence-electron chi connectivity index (χ4n) is 2.86. The number of pyridine rings is 1. The number of aromatic nitrogens is 2.